The molecular formula is C22H28N4O2. The molecule has 3 rings (SSSR count). The van der Waals surface area contributed by atoms with Crippen molar-refractivity contribution < 1.29 is 9.53 Å². The van der Waals surface area contributed by atoms with Gasteiger partial charge in [-0.2, -0.15) is 0 Å². The second-order valence-corrected chi connectivity index (χ2v) is 7.07. The molecule has 0 amide bonds. The number of nitrogens with one attached hydrogen (secondary N) is 2. The van der Waals surface area contributed by atoms with E-state index in [2.05, 4.69) is 10.2 Å². The summed E-state index contributed by atoms with van der Waals surface area (Å²) >= 11 is 0. The Balaban J connectivity index is 1.50. The van der Waals surface area contributed by atoms with E-state index in [1.807, 2.05) is 49.4 Å². The quantitative estimate of drug-likeness (QED) is 0.368. The lowest BCUT2D eigenvalue weighted by atomic mass is 10.0. The molecule has 1 aliphatic heterocycles. The summed E-state index contributed by atoms with van der Waals surface area (Å²) in [6.07, 6.45) is 3.55. The molecular weight excluding hydrogens is 352 g/mol. The highest BCUT2D eigenvalue weighted by atomic mass is 16.5. The predicted octanol–water partition coefficient (Wildman–Crippen LogP) is 3.77. The summed E-state index contributed by atoms with van der Waals surface area (Å²) in [4.78, 5) is 14.1. The van der Waals surface area contributed by atoms with E-state index in [0.717, 1.165) is 49.4 Å². The van der Waals surface area contributed by atoms with Gasteiger partial charge in [-0.25, -0.2) is 4.79 Å². The molecule has 1 saturated heterocycles. The highest BCUT2D eigenvalue weighted by molar-refractivity contribution is 5.89. The number of anilines is 3. The van der Waals surface area contributed by atoms with Crippen LogP contribution in [0.3, 0.4) is 0 Å². The fraction of sp³-hybridized carbons (Fsp3) is 0.364. The number of esters is 1. The number of rotatable bonds is 8. The maximum atomic E-state index is 11.8. The molecule has 0 saturated carbocycles. The zero-order chi connectivity index (χ0) is 19.9. The topological polar surface area (TPSA) is 91.4 Å². The number of nitrogens with two attached hydrogens (primary N) is 1. The van der Waals surface area contributed by atoms with Gasteiger partial charge in [-0.1, -0.05) is 0 Å². The Bertz CT molecular complexity index is 820. The van der Waals surface area contributed by atoms with E-state index in [-0.39, 0.29) is 5.97 Å². The number of carbonyl (C=O) groups excluding carboxylic acids is 1. The first kappa shape index (κ1) is 19.7. The molecule has 1 unspecified atom stereocenters. The van der Waals surface area contributed by atoms with Crippen molar-refractivity contribution in [2.45, 2.75) is 19.8 Å². The van der Waals surface area contributed by atoms with Gasteiger partial charge in [0.15, 0.2) is 0 Å². The van der Waals surface area contributed by atoms with Gasteiger partial charge < -0.3 is 26.1 Å². The predicted molar refractivity (Wildman–Crippen MR) is 115 cm³/mol. The van der Waals surface area contributed by atoms with Gasteiger partial charge in [0.1, 0.15) is 0 Å². The Kier molecular flexibility index (Phi) is 6.53. The van der Waals surface area contributed by atoms with Crippen LogP contribution in [0.15, 0.2) is 42.5 Å². The Morgan fingerprint density at radius 2 is 2.11 bits per heavy atom. The van der Waals surface area contributed by atoms with E-state index < -0.39 is 0 Å². The number of nitrogens with zero attached hydrogens (tertiary/aromatic N) is 1. The molecule has 0 bridgehead atoms. The number of benzene rings is 2. The Morgan fingerprint density at radius 1 is 1.32 bits per heavy atom. The molecule has 28 heavy (non-hydrogen) atoms. The molecule has 0 aliphatic carbocycles. The maximum absolute atomic E-state index is 11.8. The van der Waals surface area contributed by atoms with Crippen molar-refractivity contribution in [3.8, 4) is 0 Å². The minimum absolute atomic E-state index is 0.273. The van der Waals surface area contributed by atoms with Crippen LogP contribution in [-0.4, -0.2) is 38.4 Å². The molecule has 2 aromatic carbocycles. The molecule has 1 fully saturated rings. The molecule has 6 heteroatoms. The number of ether oxygens (including phenoxy) is 1. The van der Waals surface area contributed by atoms with Crippen molar-refractivity contribution in [2.24, 2.45) is 5.92 Å². The fourth-order valence-corrected chi connectivity index (χ4v) is 3.59. The van der Waals surface area contributed by atoms with Crippen molar-refractivity contribution in [3.05, 3.63) is 53.6 Å². The molecule has 0 aromatic heterocycles. The fourth-order valence-electron chi connectivity index (χ4n) is 3.59. The van der Waals surface area contributed by atoms with E-state index in [4.69, 9.17) is 15.9 Å². The second-order valence-electron chi connectivity index (χ2n) is 7.07. The average molecular weight is 380 g/mol. The van der Waals surface area contributed by atoms with E-state index in [1.54, 1.807) is 0 Å². The normalized spacial score (nSPS) is 16.0. The molecule has 4 N–H and O–H groups in total. The summed E-state index contributed by atoms with van der Waals surface area (Å²) in [5, 5.41) is 10.9. The molecule has 1 atom stereocenters. The first-order chi connectivity index (χ1) is 13.6. The smallest absolute Gasteiger partial charge is 0.338 e. The van der Waals surface area contributed by atoms with Gasteiger partial charge in [-0.15, -0.1) is 0 Å². The van der Waals surface area contributed by atoms with Crippen molar-refractivity contribution in [1.82, 2.24) is 0 Å². The van der Waals surface area contributed by atoms with Crippen LogP contribution in [0.1, 0.15) is 35.7 Å². The molecule has 1 heterocycles. The van der Waals surface area contributed by atoms with Crippen LogP contribution >= 0.6 is 0 Å². The summed E-state index contributed by atoms with van der Waals surface area (Å²) in [6.45, 7) is 5.08. The minimum atomic E-state index is -0.273. The van der Waals surface area contributed by atoms with E-state index >= 15 is 0 Å². The minimum Gasteiger partial charge on any atom is -0.462 e. The Labute approximate surface area is 166 Å². The van der Waals surface area contributed by atoms with Gasteiger partial charge in [-0.3, -0.25) is 0 Å². The van der Waals surface area contributed by atoms with E-state index in [9.17, 15) is 4.79 Å². The Hall–Kier alpha value is -3.02. The van der Waals surface area contributed by atoms with Crippen LogP contribution in [0.25, 0.3) is 0 Å². The zero-order valence-electron chi connectivity index (χ0n) is 16.3. The van der Waals surface area contributed by atoms with Gasteiger partial charge >= 0.3 is 5.97 Å². The van der Waals surface area contributed by atoms with Gasteiger partial charge in [0.2, 0.25) is 0 Å². The summed E-state index contributed by atoms with van der Waals surface area (Å²) in [5.41, 5.74) is 10.1. The van der Waals surface area contributed by atoms with Crippen LogP contribution < -0.4 is 16.0 Å². The Morgan fingerprint density at radius 3 is 2.82 bits per heavy atom. The summed E-state index contributed by atoms with van der Waals surface area (Å²) in [5.74, 6) is 0.340. The summed E-state index contributed by atoms with van der Waals surface area (Å²) in [7, 11) is 0. The lowest BCUT2D eigenvalue weighted by Gasteiger charge is -2.19. The van der Waals surface area contributed by atoms with Crippen LogP contribution in [0, 0.1) is 11.3 Å². The van der Waals surface area contributed by atoms with Crippen LogP contribution in [0.4, 0.5) is 17.1 Å². The van der Waals surface area contributed by atoms with Gasteiger partial charge in [-0.05, 0) is 68.1 Å². The second kappa shape index (κ2) is 9.26. The van der Waals surface area contributed by atoms with Crippen LogP contribution in [0.2, 0.25) is 0 Å². The average Bonchev–Trinajstić information content (AvgIpc) is 3.17. The largest absolute Gasteiger partial charge is 0.462 e. The van der Waals surface area contributed by atoms with Crippen molar-refractivity contribution in [1.29, 1.82) is 5.41 Å². The summed E-state index contributed by atoms with van der Waals surface area (Å²) < 4.78 is 5.03. The van der Waals surface area contributed by atoms with Crippen molar-refractivity contribution in [3.63, 3.8) is 0 Å². The number of hydrogen-bond acceptors (Lipinski definition) is 6. The monoisotopic (exact) mass is 380 g/mol. The van der Waals surface area contributed by atoms with Crippen LogP contribution in [0.5, 0.6) is 0 Å². The van der Waals surface area contributed by atoms with E-state index in [1.165, 1.54) is 6.21 Å². The first-order valence-corrected chi connectivity index (χ1v) is 9.76. The van der Waals surface area contributed by atoms with Gasteiger partial charge in [0.25, 0.3) is 0 Å². The van der Waals surface area contributed by atoms with E-state index in [0.29, 0.717) is 23.8 Å². The van der Waals surface area contributed by atoms with Gasteiger partial charge in [0.05, 0.1) is 12.2 Å². The van der Waals surface area contributed by atoms with Gasteiger partial charge in [0, 0.05) is 48.5 Å². The molecule has 0 radical (unpaired) electrons. The number of nitrogen functional groups attached to an aromatic ring is 1. The van der Waals surface area contributed by atoms with Crippen molar-refractivity contribution >= 4 is 29.2 Å². The number of hydrogen-bond donors (Lipinski definition) is 3. The third-order valence-electron chi connectivity index (χ3n) is 5.13. The molecule has 6 nitrogen and oxygen atoms in total. The molecule has 2 aromatic rings. The highest BCUT2D eigenvalue weighted by Crippen LogP contribution is 2.26. The third-order valence-corrected chi connectivity index (χ3v) is 5.13. The SMILES string of the molecule is CCOC(=O)c1ccc(N2CCC(CCNc3cc(N)ccc3C=N)C2)cc1. The lowest BCUT2D eigenvalue weighted by molar-refractivity contribution is 0.0526. The summed E-state index contributed by atoms with van der Waals surface area (Å²) in [6, 6.07) is 13.2. The zero-order valence-corrected chi connectivity index (χ0v) is 16.3. The maximum Gasteiger partial charge on any atom is 0.338 e. The standard InChI is InChI=1S/C22H28N4O2/c1-2-28-22(27)17-4-7-20(8-5-17)26-12-10-16(15-26)9-11-25-21-13-19(24)6-3-18(21)14-23/h3-8,13-14,16,23,25H,2,9-12,15,24H2,1H3. The molecule has 0 spiro atoms. The van der Waals surface area contributed by atoms with Crippen LogP contribution in [-0.2, 0) is 4.74 Å². The van der Waals surface area contributed by atoms with Crippen molar-refractivity contribution in [2.75, 3.05) is 42.2 Å². The lowest BCUT2D eigenvalue weighted by Crippen LogP contribution is -2.20. The third kappa shape index (κ3) is 4.82. The molecule has 148 valence electrons. The first-order valence-electron chi connectivity index (χ1n) is 9.76. The molecule has 1 aliphatic rings. The highest BCUT2D eigenvalue weighted by Gasteiger charge is 2.22. The number of carbonyl (C=O) groups is 1.